The van der Waals surface area contributed by atoms with Crippen molar-refractivity contribution in [2.24, 2.45) is 0 Å². The van der Waals surface area contributed by atoms with Crippen molar-refractivity contribution in [3.63, 3.8) is 0 Å². The van der Waals surface area contributed by atoms with E-state index in [1.807, 2.05) is 20.8 Å². The molecule has 9 heteroatoms. The number of ether oxygens (including phenoxy) is 1. The first-order valence-electron chi connectivity index (χ1n) is 8.24. The summed E-state index contributed by atoms with van der Waals surface area (Å²) in [5.41, 5.74) is -0.417. The molecule has 1 saturated carbocycles. The summed E-state index contributed by atoms with van der Waals surface area (Å²) >= 11 is 3.22. The minimum atomic E-state index is -3.70. The normalized spacial score (nSPS) is 16.0. The zero-order valence-corrected chi connectivity index (χ0v) is 17.5. The second kappa shape index (κ2) is 7.66. The van der Waals surface area contributed by atoms with Crippen molar-refractivity contribution >= 4 is 37.8 Å². The average molecular weight is 447 g/mol. The van der Waals surface area contributed by atoms with Crippen LogP contribution in [0.3, 0.4) is 0 Å². The topological polar surface area (TPSA) is 102 Å². The van der Waals surface area contributed by atoms with Crippen LogP contribution in [0.1, 0.15) is 50.9 Å². The number of carbonyl (C=O) groups is 2. The van der Waals surface area contributed by atoms with Crippen molar-refractivity contribution in [2.45, 2.75) is 63.1 Å². The number of benzene rings is 1. The Morgan fingerprint density at radius 1 is 1.27 bits per heavy atom. The van der Waals surface area contributed by atoms with Crippen LogP contribution in [-0.4, -0.2) is 38.0 Å². The minimum absolute atomic E-state index is 0.0219. The summed E-state index contributed by atoms with van der Waals surface area (Å²) in [5.74, 6) is -1.21. The van der Waals surface area contributed by atoms with Crippen molar-refractivity contribution in [3.8, 4) is 0 Å². The summed E-state index contributed by atoms with van der Waals surface area (Å²) in [6.45, 7) is 6.91. The Morgan fingerprint density at radius 3 is 2.42 bits per heavy atom. The van der Waals surface area contributed by atoms with Crippen molar-refractivity contribution in [1.29, 1.82) is 0 Å². The molecule has 144 valence electrons. The van der Waals surface area contributed by atoms with Gasteiger partial charge in [0.25, 0.3) is 5.91 Å². The molecule has 0 aliphatic heterocycles. The zero-order valence-electron chi connectivity index (χ0n) is 15.1. The quantitative estimate of drug-likeness (QED) is 0.652. The van der Waals surface area contributed by atoms with Gasteiger partial charge in [-0.3, -0.25) is 4.79 Å². The van der Waals surface area contributed by atoms with Crippen LogP contribution in [0, 0.1) is 0 Å². The Morgan fingerprint density at radius 2 is 1.88 bits per heavy atom. The van der Waals surface area contributed by atoms with E-state index in [2.05, 4.69) is 26.0 Å². The van der Waals surface area contributed by atoms with Crippen molar-refractivity contribution < 1.29 is 22.7 Å². The van der Waals surface area contributed by atoms with Crippen molar-refractivity contribution in [3.05, 3.63) is 28.2 Å². The summed E-state index contributed by atoms with van der Waals surface area (Å²) in [6.07, 6.45) is 0.606. The maximum atomic E-state index is 12.4. The maximum Gasteiger partial charge on any atom is 0.340 e. The second-order valence-electron chi connectivity index (χ2n) is 7.32. The van der Waals surface area contributed by atoms with Gasteiger partial charge in [0.05, 0.1) is 10.5 Å². The van der Waals surface area contributed by atoms with E-state index in [0.29, 0.717) is 4.47 Å². The molecular weight excluding hydrogens is 424 g/mol. The molecule has 0 saturated heterocycles. The Hall–Kier alpha value is -1.45. The van der Waals surface area contributed by atoms with Crippen LogP contribution < -0.4 is 10.0 Å². The van der Waals surface area contributed by atoms with Crippen LogP contribution in [0.5, 0.6) is 0 Å². The zero-order chi connectivity index (χ0) is 19.7. The molecular formula is C17H23BrN2O5S. The van der Waals surface area contributed by atoms with E-state index in [9.17, 15) is 18.0 Å². The first-order valence-corrected chi connectivity index (χ1v) is 10.5. The molecule has 1 unspecified atom stereocenters. The number of carbonyl (C=O) groups excluding carboxylic acids is 2. The van der Waals surface area contributed by atoms with E-state index < -0.39 is 33.5 Å². The van der Waals surface area contributed by atoms with Gasteiger partial charge in [-0.15, -0.1) is 0 Å². The summed E-state index contributed by atoms with van der Waals surface area (Å²) in [7, 11) is -3.70. The largest absolute Gasteiger partial charge is 0.449 e. The predicted molar refractivity (Wildman–Crippen MR) is 100 cm³/mol. The number of esters is 1. The molecule has 1 amide bonds. The molecule has 1 fully saturated rings. The van der Waals surface area contributed by atoms with Gasteiger partial charge in [-0.2, -0.15) is 0 Å². The lowest BCUT2D eigenvalue weighted by Crippen LogP contribution is -2.46. The van der Waals surface area contributed by atoms with Gasteiger partial charge in [-0.1, -0.05) is 0 Å². The fraction of sp³-hybridized carbons (Fsp3) is 0.529. The molecule has 0 bridgehead atoms. The van der Waals surface area contributed by atoms with Gasteiger partial charge >= 0.3 is 5.97 Å². The van der Waals surface area contributed by atoms with Crippen LogP contribution in [0.25, 0.3) is 0 Å². The number of hydrogen-bond acceptors (Lipinski definition) is 5. The lowest BCUT2D eigenvalue weighted by Gasteiger charge is -2.23. The van der Waals surface area contributed by atoms with Gasteiger partial charge in [0.15, 0.2) is 6.10 Å². The number of sulfonamides is 1. The molecule has 1 aliphatic rings. The maximum absolute atomic E-state index is 12.4. The Kier molecular flexibility index (Phi) is 6.14. The lowest BCUT2D eigenvalue weighted by atomic mass is 10.1. The molecule has 7 nitrogen and oxygen atoms in total. The number of halogens is 1. The smallest absolute Gasteiger partial charge is 0.340 e. The molecule has 0 spiro atoms. The van der Waals surface area contributed by atoms with E-state index in [4.69, 9.17) is 4.74 Å². The third kappa shape index (κ3) is 5.78. The molecule has 1 aromatic carbocycles. The summed E-state index contributed by atoms with van der Waals surface area (Å²) in [5, 5.41) is 2.72. The van der Waals surface area contributed by atoms with Gasteiger partial charge < -0.3 is 10.1 Å². The number of hydrogen-bond donors (Lipinski definition) is 2. The number of amides is 1. The third-order valence-corrected chi connectivity index (χ3v) is 5.73. The predicted octanol–water partition coefficient (Wildman–Crippen LogP) is 2.35. The fourth-order valence-electron chi connectivity index (χ4n) is 2.07. The summed E-state index contributed by atoms with van der Waals surface area (Å²) in [6, 6.07) is 4.07. The van der Waals surface area contributed by atoms with Gasteiger partial charge in [-0.05, 0) is 74.7 Å². The van der Waals surface area contributed by atoms with Gasteiger partial charge in [0.2, 0.25) is 10.0 Å². The van der Waals surface area contributed by atoms with E-state index in [1.54, 1.807) is 0 Å². The Bertz CT molecular complexity index is 813. The van der Waals surface area contributed by atoms with Crippen molar-refractivity contribution in [2.75, 3.05) is 0 Å². The highest BCUT2D eigenvalue weighted by Crippen LogP contribution is 2.25. The number of rotatable bonds is 6. The summed E-state index contributed by atoms with van der Waals surface area (Å²) < 4.78 is 32.8. The van der Waals surface area contributed by atoms with Crippen molar-refractivity contribution in [1.82, 2.24) is 10.0 Å². The van der Waals surface area contributed by atoms with E-state index in [1.165, 1.54) is 25.1 Å². The standard InChI is InChI=1S/C17H23BrN2O5S/c1-10(15(21)19-17(2,3)4)25-16(22)13-9-12(7-8-14(13)18)26(23,24)20-11-5-6-11/h7-11,20H,5-6H2,1-4H3,(H,19,21). The van der Waals surface area contributed by atoms with E-state index in [-0.39, 0.29) is 16.5 Å². The Labute approximate surface area is 162 Å². The van der Waals surface area contributed by atoms with Gasteiger partial charge in [-0.25, -0.2) is 17.9 Å². The Balaban J connectivity index is 2.15. The lowest BCUT2D eigenvalue weighted by molar-refractivity contribution is -0.130. The highest BCUT2D eigenvalue weighted by molar-refractivity contribution is 9.10. The van der Waals surface area contributed by atoms with Crippen LogP contribution in [-0.2, 0) is 19.6 Å². The molecule has 2 rings (SSSR count). The van der Waals surface area contributed by atoms with Crippen LogP contribution >= 0.6 is 15.9 Å². The SMILES string of the molecule is CC(OC(=O)c1cc(S(=O)(=O)NC2CC2)ccc1Br)C(=O)NC(C)(C)C. The molecule has 1 atom stereocenters. The van der Waals surface area contributed by atoms with Gasteiger partial charge in [0, 0.05) is 16.1 Å². The first-order chi connectivity index (χ1) is 11.9. The van der Waals surface area contributed by atoms with Crippen LogP contribution in [0.2, 0.25) is 0 Å². The number of nitrogens with one attached hydrogen (secondary N) is 2. The first kappa shape index (κ1) is 20.9. The molecule has 1 aromatic rings. The summed E-state index contributed by atoms with van der Waals surface area (Å²) in [4.78, 5) is 24.4. The van der Waals surface area contributed by atoms with Gasteiger partial charge in [0.1, 0.15) is 0 Å². The minimum Gasteiger partial charge on any atom is -0.449 e. The second-order valence-corrected chi connectivity index (χ2v) is 9.89. The molecule has 26 heavy (non-hydrogen) atoms. The molecule has 0 heterocycles. The van der Waals surface area contributed by atoms with Crippen LogP contribution in [0.15, 0.2) is 27.6 Å². The van der Waals surface area contributed by atoms with Crippen LogP contribution in [0.4, 0.5) is 0 Å². The van der Waals surface area contributed by atoms with E-state index >= 15 is 0 Å². The molecule has 1 aliphatic carbocycles. The average Bonchev–Trinajstić information content (AvgIpc) is 3.28. The molecule has 0 aromatic heterocycles. The molecule has 2 N–H and O–H groups in total. The van der Waals surface area contributed by atoms with E-state index in [0.717, 1.165) is 12.8 Å². The highest BCUT2D eigenvalue weighted by atomic mass is 79.9. The third-order valence-electron chi connectivity index (χ3n) is 3.52. The monoisotopic (exact) mass is 446 g/mol. The fourth-order valence-corrected chi connectivity index (χ4v) is 3.80. The highest BCUT2D eigenvalue weighted by Gasteiger charge is 2.29. The molecule has 0 radical (unpaired) electrons.